The molecule has 0 amide bonds. The fraction of sp³-hybridized carbons (Fsp3) is 0.375. The van der Waals surface area contributed by atoms with Gasteiger partial charge < -0.3 is 0 Å². The summed E-state index contributed by atoms with van der Waals surface area (Å²) < 4.78 is 2.08. The monoisotopic (exact) mass is 241 g/mol. The zero-order valence-electron chi connectivity index (χ0n) is 11.9. The topological polar surface area (TPSA) is 16.8 Å². The van der Waals surface area contributed by atoms with Gasteiger partial charge in [0.2, 0.25) is 0 Å². The first-order chi connectivity index (χ1) is 8.39. The summed E-state index contributed by atoms with van der Waals surface area (Å²) >= 11 is 0. The molecule has 2 heteroatoms. The Morgan fingerprint density at radius 2 is 1.72 bits per heavy atom. The summed E-state index contributed by atoms with van der Waals surface area (Å²) in [6, 6.07) is 10.5. The molecule has 0 spiro atoms. The van der Waals surface area contributed by atoms with Crippen LogP contribution in [-0.2, 0) is 12.5 Å². The van der Waals surface area contributed by atoms with E-state index in [-0.39, 0.29) is 5.41 Å². The summed E-state index contributed by atoms with van der Waals surface area (Å²) in [4.78, 5) is 4.84. The zero-order chi connectivity index (χ0) is 13.3. The third-order valence-electron chi connectivity index (χ3n) is 3.17. The minimum absolute atomic E-state index is 0.0751. The number of aromatic nitrogens is 2. The van der Waals surface area contributed by atoms with Gasteiger partial charge in [-0.15, -0.1) is 0 Å². The molecule has 0 saturated heterocycles. The van der Waals surface area contributed by atoms with E-state index in [1.807, 2.05) is 7.05 Å². The first kappa shape index (κ1) is 12.7. The largest absolute Gasteiger partial charge is 0.330 e. The highest BCUT2D eigenvalue weighted by Gasteiger charge is 2.24. The number of rotatable bonds is 1. The Morgan fingerprint density at radius 1 is 1.06 bits per heavy atom. The maximum atomic E-state index is 4.84. The highest BCUT2D eigenvalue weighted by molar-refractivity contribution is 5.57. The van der Waals surface area contributed by atoms with E-state index in [0.29, 0.717) is 0 Å². The van der Waals surface area contributed by atoms with Crippen molar-refractivity contribution in [3.8, 4) is 11.4 Å². The molecule has 0 unspecified atom stereocenters. The number of hydrogen-bond acceptors (Lipinski definition) is 1. The minimum Gasteiger partial charge on any atom is -0.233 e. The van der Waals surface area contributed by atoms with Crippen molar-refractivity contribution in [2.75, 3.05) is 0 Å². The molecule has 2 rings (SSSR count). The van der Waals surface area contributed by atoms with Crippen molar-refractivity contribution in [1.82, 2.24) is 4.98 Å². The van der Waals surface area contributed by atoms with Gasteiger partial charge in [-0.2, -0.15) is 0 Å². The van der Waals surface area contributed by atoms with Gasteiger partial charge in [0.1, 0.15) is 0 Å². The first-order valence-electron chi connectivity index (χ1n) is 6.33. The Kier molecular flexibility index (Phi) is 3.20. The van der Waals surface area contributed by atoms with Gasteiger partial charge in [0.15, 0.2) is 5.69 Å². The van der Waals surface area contributed by atoms with Crippen molar-refractivity contribution in [2.45, 2.75) is 33.1 Å². The molecule has 0 aliphatic carbocycles. The van der Waals surface area contributed by atoms with Gasteiger partial charge >= 0.3 is 5.82 Å². The van der Waals surface area contributed by atoms with Gasteiger partial charge in [0.25, 0.3) is 0 Å². The van der Waals surface area contributed by atoms with Crippen LogP contribution in [0, 0.1) is 6.92 Å². The van der Waals surface area contributed by atoms with Crippen molar-refractivity contribution in [2.24, 2.45) is 7.05 Å². The zero-order valence-corrected chi connectivity index (χ0v) is 11.9. The van der Waals surface area contributed by atoms with E-state index in [4.69, 9.17) is 4.98 Å². The Labute approximate surface area is 109 Å². The Hall–Kier alpha value is -1.70. The Morgan fingerprint density at radius 3 is 2.33 bits per heavy atom. The molecule has 0 bridgehead atoms. The molecule has 0 aliphatic rings. The Bertz CT molecular complexity index is 566. The number of nitrogens with zero attached hydrogens (tertiary/aromatic N) is 2. The van der Waals surface area contributed by atoms with E-state index in [2.05, 4.69) is 68.8 Å². The molecule has 1 heterocycles. The predicted molar refractivity (Wildman–Crippen MR) is 74.3 cm³/mol. The van der Waals surface area contributed by atoms with Gasteiger partial charge in [-0.3, -0.25) is 0 Å². The van der Waals surface area contributed by atoms with Crippen molar-refractivity contribution in [3.05, 3.63) is 47.8 Å². The lowest BCUT2D eigenvalue weighted by atomic mass is 9.92. The summed E-state index contributed by atoms with van der Waals surface area (Å²) in [7, 11) is 2.04. The maximum absolute atomic E-state index is 4.84. The third kappa shape index (κ3) is 2.42. The highest BCUT2D eigenvalue weighted by atomic mass is 15.0. The Balaban J connectivity index is 2.61. The molecule has 0 radical (unpaired) electrons. The van der Waals surface area contributed by atoms with E-state index in [9.17, 15) is 0 Å². The van der Waals surface area contributed by atoms with Crippen LogP contribution in [0.5, 0.6) is 0 Å². The normalized spacial score (nSPS) is 11.6. The fourth-order valence-corrected chi connectivity index (χ4v) is 1.97. The number of hydrogen-bond donors (Lipinski definition) is 0. The molecule has 94 valence electrons. The van der Waals surface area contributed by atoms with E-state index in [1.165, 1.54) is 11.1 Å². The van der Waals surface area contributed by atoms with Crippen molar-refractivity contribution >= 4 is 0 Å². The molecule has 2 nitrogen and oxygen atoms in total. The van der Waals surface area contributed by atoms with Crippen molar-refractivity contribution in [1.29, 1.82) is 0 Å². The second-order valence-corrected chi connectivity index (χ2v) is 5.81. The van der Waals surface area contributed by atoms with Crippen LogP contribution >= 0.6 is 0 Å². The van der Waals surface area contributed by atoms with E-state index >= 15 is 0 Å². The van der Waals surface area contributed by atoms with Crippen molar-refractivity contribution in [3.63, 3.8) is 0 Å². The molecular weight excluding hydrogens is 220 g/mol. The molecule has 1 aromatic heterocycles. The van der Waals surface area contributed by atoms with Crippen molar-refractivity contribution < 1.29 is 4.57 Å². The smallest absolute Gasteiger partial charge is 0.233 e. The van der Waals surface area contributed by atoms with Gasteiger partial charge in [0.05, 0.1) is 18.8 Å². The van der Waals surface area contributed by atoms with Crippen LogP contribution in [0.1, 0.15) is 32.0 Å². The molecule has 0 fully saturated rings. The van der Waals surface area contributed by atoms with Crippen LogP contribution in [-0.4, -0.2) is 4.98 Å². The van der Waals surface area contributed by atoms with E-state index in [0.717, 1.165) is 11.5 Å². The van der Waals surface area contributed by atoms with Crippen LogP contribution in [0.3, 0.4) is 0 Å². The van der Waals surface area contributed by atoms with Gasteiger partial charge in [-0.25, -0.2) is 4.57 Å². The third-order valence-corrected chi connectivity index (χ3v) is 3.17. The minimum atomic E-state index is 0.0751. The molecule has 0 aliphatic heterocycles. The number of benzene rings is 1. The average molecular weight is 241 g/mol. The van der Waals surface area contributed by atoms with Gasteiger partial charge in [-0.1, -0.05) is 39.0 Å². The van der Waals surface area contributed by atoms with Crippen LogP contribution in [0.25, 0.3) is 11.4 Å². The van der Waals surface area contributed by atoms with Crippen LogP contribution in [0.2, 0.25) is 0 Å². The van der Waals surface area contributed by atoms with E-state index < -0.39 is 0 Å². The quantitative estimate of drug-likeness (QED) is 0.701. The lowest BCUT2D eigenvalue weighted by Gasteiger charge is -2.14. The number of aryl methyl sites for hydroxylation is 2. The molecule has 0 N–H and O–H groups in total. The molecule has 0 saturated carbocycles. The second kappa shape index (κ2) is 4.52. The molecule has 18 heavy (non-hydrogen) atoms. The standard InChI is InChI=1S/C16H21N2/c1-12-8-6-7-9-13(12)15-17-14(16(2,3)4)10-11-18(15)5/h6-11H,1-5H3/q+1. The lowest BCUT2D eigenvalue weighted by Crippen LogP contribution is -2.33. The van der Waals surface area contributed by atoms with Crippen LogP contribution in [0.4, 0.5) is 0 Å². The SMILES string of the molecule is Cc1ccccc1-c1nc(C(C)(C)C)cc[n+]1C. The average Bonchev–Trinajstić information content (AvgIpc) is 2.29. The molecule has 1 aromatic carbocycles. The molecule has 0 atom stereocenters. The summed E-state index contributed by atoms with van der Waals surface area (Å²) in [6.45, 7) is 8.70. The van der Waals surface area contributed by atoms with Crippen LogP contribution < -0.4 is 4.57 Å². The summed E-state index contributed by atoms with van der Waals surface area (Å²) in [6.07, 6.45) is 2.09. The highest BCUT2D eigenvalue weighted by Crippen LogP contribution is 2.23. The molecular formula is C16H21N2+. The van der Waals surface area contributed by atoms with E-state index in [1.54, 1.807) is 0 Å². The van der Waals surface area contributed by atoms with Crippen LogP contribution in [0.15, 0.2) is 36.5 Å². The van der Waals surface area contributed by atoms with Gasteiger partial charge in [0, 0.05) is 11.5 Å². The summed E-state index contributed by atoms with van der Waals surface area (Å²) in [5, 5.41) is 0. The predicted octanol–water partition coefficient (Wildman–Crippen LogP) is 3.18. The lowest BCUT2D eigenvalue weighted by molar-refractivity contribution is -0.663. The first-order valence-corrected chi connectivity index (χ1v) is 6.33. The second-order valence-electron chi connectivity index (χ2n) is 5.81. The molecule has 2 aromatic rings. The maximum Gasteiger partial charge on any atom is 0.330 e. The van der Waals surface area contributed by atoms with Gasteiger partial charge in [-0.05, 0) is 23.5 Å². The summed E-state index contributed by atoms with van der Waals surface area (Å²) in [5.41, 5.74) is 3.66. The fourth-order valence-electron chi connectivity index (χ4n) is 1.97. The summed E-state index contributed by atoms with van der Waals surface area (Å²) in [5.74, 6) is 1.03.